The van der Waals surface area contributed by atoms with Gasteiger partial charge in [0.25, 0.3) is 0 Å². The third kappa shape index (κ3) is 2.64. The van der Waals surface area contributed by atoms with Crippen molar-refractivity contribution in [2.45, 2.75) is 24.9 Å². The van der Waals surface area contributed by atoms with E-state index in [1.54, 1.807) is 30.3 Å². The molecule has 3 aliphatic rings. The molecule has 1 spiro atoms. The Balaban J connectivity index is 1.49. The number of rotatable bonds is 4. The van der Waals surface area contributed by atoms with E-state index in [4.69, 9.17) is 0 Å². The lowest BCUT2D eigenvalue weighted by molar-refractivity contribution is -0.133. The van der Waals surface area contributed by atoms with E-state index >= 15 is 0 Å². The number of benzene rings is 2. The molecular weight excluding hydrogens is 369 g/mol. The van der Waals surface area contributed by atoms with Crippen LogP contribution in [0.5, 0.6) is 0 Å². The molecule has 2 fully saturated rings. The van der Waals surface area contributed by atoms with Crippen molar-refractivity contribution < 1.29 is 19.1 Å². The van der Waals surface area contributed by atoms with E-state index in [0.29, 0.717) is 18.5 Å². The molecule has 2 aromatic carbocycles. The molecule has 5 rings (SSSR count). The van der Waals surface area contributed by atoms with E-state index < -0.39 is 11.4 Å². The normalized spacial score (nSPS) is 29.3. The molecule has 0 aromatic heterocycles. The Labute approximate surface area is 168 Å². The number of hydrogen-bond donors (Lipinski definition) is 1. The summed E-state index contributed by atoms with van der Waals surface area (Å²) in [5, 5.41) is 9.25. The standard InChI is InChI=1S/C24H20FNO3/c25-20-10-3-1-8-17(20)19-13-24(19)18-9-2-4-11-21(18)26(23(24)29)14-15-6-5-7-16(12-15)22(27)28/h1-12,18-19,21H,13-14H2,(H,27,28). The molecule has 29 heavy (non-hydrogen) atoms. The van der Waals surface area contributed by atoms with Crippen molar-refractivity contribution in [3.63, 3.8) is 0 Å². The van der Waals surface area contributed by atoms with Gasteiger partial charge in [0.2, 0.25) is 5.91 Å². The summed E-state index contributed by atoms with van der Waals surface area (Å²) in [6, 6.07) is 13.3. The van der Waals surface area contributed by atoms with Crippen LogP contribution in [0.25, 0.3) is 0 Å². The van der Waals surface area contributed by atoms with Crippen LogP contribution in [0.15, 0.2) is 72.8 Å². The van der Waals surface area contributed by atoms with Crippen LogP contribution < -0.4 is 0 Å². The second-order valence-electron chi connectivity index (χ2n) is 8.04. The predicted octanol–water partition coefficient (Wildman–Crippen LogP) is 4.15. The van der Waals surface area contributed by atoms with Crippen molar-refractivity contribution in [2.75, 3.05) is 0 Å². The number of halogens is 1. The second-order valence-corrected chi connectivity index (χ2v) is 8.04. The third-order valence-corrected chi connectivity index (χ3v) is 6.53. The SMILES string of the molecule is O=C(O)c1cccc(CN2C(=O)C3(CC3c3ccccc3F)C3C=CC=CC32)c1. The number of amides is 1. The van der Waals surface area contributed by atoms with Gasteiger partial charge >= 0.3 is 5.97 Å². The van der Waals surface area contributed by atoms with E-state index in [-0.39, 0.29) is 35.2 Å². The molecule has 0 radical (unpaired) electrons. The first-order valence-corrected chi connectivity index (χ1v) is 9.75. The van der Waals surface area contributed by atoms with Crippen molar-refractivity contribution in [1.29, 1.82) is 0 Å². The van der Waals surface area contributed by atoms with Gasteiger partial charge in [-0.05, 0) is 35.7 Å². The number of carbonyl (C=O) groups is 2. The maximum absolute atomic E-state index is 14.4. The van der Waals surface area contributed by atoms with E-state index in [0.717, 1.165) is 5.56 Å². The Bertz CT molecular complexity index is 1080. The predicted molar refractivity (Wildman–Crippen MR) is 106 cm³/mol. The van der Waals surface area contributed by atoms with Gasteiger partial charge in [-0.2, -0.15) is 0 Å². The Morgan fingerprint density at radius 2 is 1.93 bits per heavy atom. The summed E-state index contributed by atoms with van der Waals surface area (Å²) in [4.78, 5) is 26.7. The highest BCUT2D eigenvalue weighted by Gasteiger charge is 2.71. The van der Waals surface area contributed by atoms with Crippen molar-refractivity contribution in [2.24, 2.45) is 11.3 Å². The molecule has 1 heterocycles. The fourth-order valence-electron chi connectivity index (χ4n) is 5.12. The maximum Gasteiger partial charge on any atom is 0.335 e. The van der Waals surface area contributed by atoms with Crippen LogP contribution in [-0.4, -0.2) is 27.9 Å². The average molecular weight is 389 g/mol. The molecule has 2 aliphatic carbocycles. The van der Waals surface area contributed by atoms with E-state index in [1.807, 2.05) is 35.3 Å². The quantitative estimate of drug-likeness (QED) is 0.855. The van der Waals surface area contributed by atoms with Gasteiger partial charge in [0.1, 0.15) is 5.82 Å². The molecule has 4 nitrogen and oxygen atoms in total. The molecule has 4 unspecified atom stereocenters. The third-order valence-electron chi connectivity index (χ3n) is 6.53. The van der Waals surface area contributed by atoms with Crippen LogP contribution in [0.2, 0.25) is 0 Å². The van der Waals surface area contributed by atoms with Crippen molar-refractivity contribution in [1.82, 2.24) is 4.90 Å². The van der Waals surface area contributed by atoms with Gasteiger partial charge < -0.3 is 10.0 Å². The topological polar surface area (TPSA) is 57.6 Å². The number of fused-ring (bicyclic) bond motifs is 2. The maximum atomic E-state index is 14.4. The monoisotopic (exact) mass is 389 g/mol. The number of carboxylic acids is 1. The highest BCUT2D eigenvalue weighted by molar-refractivity contribution is 5.92. The highest BCUT2D eigenvalue weighted by Crippen LogP contribution is 2.69. The zero-order valence-electron chi connectivity index (χ0n) is 15.7. The fourth-order valence-corrected chi connectivity index (χ4v) is 5.12. The average Bonchev–Trinajstić information content (AvgIpc) is 3.43. The minimum Gasteiger partial charge on any atom is -0.478 e. The lowest BCUT2D eigenvalue weighted by atomic mass is 9.82. The van der Waals surface area contributed by atoms with Crippen LogP contribution in [0, 0.1) is 17.2 Å². The molecular formula is C24H20FNO3. The summed E-state index contributed by atoms with van der Waals surface area (Å²) in [6.07, 6.45) is 8.63. The molecule has 1 saturated heterocycles. The van der Waals surface area contributed by atoms with Gasteiger partial charge in [0.15, 0.2) is 0 Å². The summed E-state index contributed by atoms with van der Waals surface area (Å²) in [7, 11) is 0. The van der Waals surface area contributed by atoms with Crippen LogP contribution in [-0.2, 0) is 11.3 Å². The zero-order chi connectivity index (χ0) is 20.2. The minimum absolute atomic E-state index is 0.00716. The Morgan fingerprint density at radius 1 is 1.14 bits per heavy atom. The summed E-state index contributed by atoms with van der Waals surface area (Å²) in [5.74, 6) is -1.36. The van der Waals surface area contributed by atoms with Crippen LogP contribution in [0.3, 0.4) is 0 Å². The molecule has 0 bridgehead atoms. The minimum atomic E-state index is -0.990. The van der Waals surface area contributed by atoms with Crippen molar-refractivity contribution >= 4 is 11.9 Å². The molecule has 4 atom stereocenters. The van der Waals surface area contributed by atoms with Crippen LogP contribution in [0.4, 0.5) is 4.39 Å². The largest absolute Gasteiger partial charge is 0.478 e. The van der Waals surface area contributed by atoms with Gasteiger partial charge in [-0.1, -0.05) is 54.6 Å². The number of allylic oxidation sites excluding steroid dienone is 2. The molecule has 1 saturated carbocycles. The molecule has 146 valence electrons. The van der Waals surface area contributed by atoms with Gasteiger partial charge in [0.05, 0.1) is 17.0 Å². The smallest absolute Gasteiger partial charge is 0.335 e. The Morgan fingerprint density at radius 3 is 2.72 bits per heavy atom. The summed E-state index contributed by atoms with van der Waals surface area (Å²) in [6.45, 7) is 0.338. The number of aromatic carboxylic acids is 1. The van der Waals surface area contributed by atoms with Crippen molar-refractivity contribution in [3.05, 3.63) is 95.3 Å². The van der Waals surface area contributed by atoms with Gasteiger partial charge in [-0.3, -0.25) is 4.79 Å². The summed E-state index contributed by atoms with van der Waals surface area (Å²) < 4.78 is 14.4. The van der Waals surface area contributed by atoms with Gasteiger partial charge in [-0.25, -0.2) is 9.18 Å². The first-order valence-electron chi connectivity index (χ1n) is 9.75. The van der Waals surface area contributed by atoms with Gasteiger partial charge in [0, 0.05) is 18.4 Å². The van der Waals surface area contributed by atoms with E-state index in [9.17, 15) is 19.1 Å². The van der Waals surface area contributed by atoms with Crippen LogP contribution >= 0.6 is 0 Å². The van der Waals surface area contributed by atoms with Crippen molar-refractivity contribution in [3.8, 4) is 0 Å². The summed E-state index contributed by atoms with van der Waals surface area (Å²) >= 11 is 0. The number of carboxylic acid groups (broad SMARTS) is 1. The Kier molecular flexibility index (Phi) is 3.95. The molecule has 2 aromatic rings. The zero-order valence-corrected chi connectivity index (χ0v) is 15.7. The number of nitrogens with zero attached hydrogens (tertiary/aromatic N) is 1. The Hall–Kier alpha value is -3.21. The molecule has 5 heteroatoms. The summed E-state index contributed by atoms with van der Waals surface area (Å²) in [5.41, 5.74) is 0.978. The fraction of sp³-hybridized carbons (Fsp3) is 0.250. The lowest BCUT2D eigenvalue weighted by Gasteiger charge is -2.26. The second kappa shape index (κ2) is 6.41. The lowest BCUT2D eigenvalue weighted by Crippen LogP contribution is -2.33. The van der Waals surface area contributed by atoms with Gasteiger partial charge in [-0.15, -0.1) is 0 Å². The number of hydrogen-bond acceptors (Lipinski definition) is 2. The van der Waals surface area contributed by atoms with Crippen LogP contribution in [0.1, 0.15) is 33.8 Å². The number of likely N-dealkylation sites (tertiary alicyclic amines) is 1. The number of carbonyl (C=O) groups excluding carboxylic acids is 1. The highest BCUT2D eigenvalue weighted by atomic mass is 19.1. The van der Waals surface area contributed by atoms with E-state index in [1.165, 1.54) is 6.07 Å². The molecule has 1 aliphatic heterocycles. The first kappa shape index (κ1) is 17.9. The molecule has 1 amide bonds. The first-order chi connectivity index (χ1) is 14.0. The molecule has 1 N–H and O–H groups in total. The van der Waals surface area contributed by atoms with E-state index in [2.05, 4.69) is 6.08 Å².